The smallest absolute Gasteiger partial charge is 0.319 e. The number of hydrogen-bond donors (Lipinski definition) is 1. The molecule has 2 heterocycles. The minimum Gasteiger partial charge on any atom is -0.319 e. The Balaban J connectivity index is 1.80. The first-order valence-electron chi connectivity index (χ1n) is 9.05. The van der Waals surface area contributed by atoms with Gasteiger partial charge in [0, 0.05) is 13.2 Å². The molecule has 0 radical (unpaired) electrons. The van der Waals surface area contributed by atoms with E-state index >= 15 is 0 Å². The molecule has 31 heavy (non-hydrogen) atoms. The van der Waals surface area contributed by atoms with E-state index in [1.807, 2.05) is 6.07 Å². The first-order chi connectivity index (χ1) is 14.5. The van der Waals surface area contributed by atoms with Gasteiger partial charge in [0.05, 0.1) is 27.2 Å². The number of nitrogens with zero attached hydrogens (tertiary/aromatic N) is 3. The lowest BCUT2D eigenvalue weighted by Gasteiger charge is -2.13. The van der Waals surface area contributed by atoms with Crippen LogP contribution < -0.4 is 10.9 Å². The van der Waals surface area contributed by atoms with Gasteiger partial charge in [0.1, 0.15) is 10.7 Å². The summed E-state index contributed by atoms with van der Waals surface area (Å²) in [7, 11) is 1.70. The van der Waals surface area contributed by atoms with Crippen LogP contribution in [0.2, 0.25) is 5.02 Å². The number of amides is 1. The van der Waals surface area contributed by atoms with Crippen LogP contribution in [0.3, 0.4) is 0 Å². The van der Waals surface area contributed by atoms with E-state index in [4.69, 9.17) is 11.6 Å². The van der Waals surface area contributed by atoms with Crippen molar-refractivity contribution < 1.29 is 18.0 Å². The summed E-state index contributed by atoms with van der Waals surface area (Å²) in [6, 6.07) is 9.71. The highest BCUT2D eigenvalue weighted by Gasteiger charge is 2.32. The molecule has 0 saturated heterocycles. The van der Waals surface area contributed by atoms with Gasteiger partial charge in [-0.15, -0.1) is 0 Å². The number of benzene rings is 1. The second kappa shape index (κ2) is 8.80. The summed E-state index contributed by atoms with van der Waals surface area (Å²) in [5, 5.41) is 1.73. The number of carbonyl (C=O) groups excluding carboxylic acids is 1. The quantitative estimate of drug-likeness (QED) is 0.550. The average Bonchev–Trinajstić information content (AvgIpc) is 2.92. The van der Waals surface area contributed by atoms with Crippen LogP contribution in [0.4, 0.5) is 18.9 Å². The number of nitrogens with one attached hydrogen (secondary N) is 1. The van der Waals surface area contributed by atoms with E-state index in [0.717, 1.165) is 17.8 Å². The highest BCUT2D eigenvalue weighted by atomic mass is 35.5. The number of alkyl halides is 3. The second-order valence-corrected chi connectivity index (χ2v) is 8.43. The Morgan fingerprint density at radius 3 is 2.48 bits per heavy atom. The lowest BCUT2D eigenvalue weighted by atomic mass is 10.3. The van der Waals surface area contributed by atoms with Crippen LogP contribution in [0.5, 0.6) is 0 Å². The predicted octanol–water partition coefficient (Wildman–Crippen LogP) is 4.67. The number of pyridine rings is 1. The van der Waals surface area contributed by atoms with E-state index in [0.29, 0.717) is 17.6 Å². The SMILES string of the molecule is Cc1c(NC(=O)C(C)Sc2ncc(C(F)(F)F)cc2Cl)c(=O)n(-c2ccccc2)n1C. The first-order valence-corrected chi connectivity index (χ1v) is 10.3. The van der Waals surface area contributed by atoms with Crippen LogP contribution in [0, 0.1) is 6.92 Å². The molecule has 0 aliphatic carbocycles. The third kappa shape index (κ3) is 4.80. The molecule has 0 fully saturated rings. The molecular formula is C20H18ClF3N4O2S. The van der Waals surface area contributed by atoms with Gasteiger partial charge in [0.2, 0.25) is 5.91 Å². The molecule has 1 unspecified atom stereocenters. The van der Waals surface area contributed by atoms with Crippen molar-refractivity contribution >= 4 is 35.0 Å². The summed E-state index contributed by atoms with van der Waals surface area (Å²) in [6.45, 7) is 3.24. The number of rotatable bonds is 5. The number of halogens is 4. The van der Waals surface area contributed by atoms with E-state index in [2.05, 4.69) is 10.3 Å². The van der Waals surface area contributed by atoms with E-state index in [-0.39, 0.29) is 15.7 Å². The molecule has 1 amide bonds. The van der Waals surface area contributed by atoms with Gasteiger partial charge in [-0.05, 0) is 32.0 Å². The van der Waals surface area contributed by atoms with Crippen molar-refractivity contribution in [1.82, 2.24) is 14.3 Å². The number of anilines is 1. The van der Waals surface area contributed by atoms with E-state index in [1.54, 1.807) is 49.8 Å². The standard InChI is InChI=1S/C20H18ClF3N4O2S/c1-11-16(19(30)28(27(11)3)14-7-5-4-6-8-14)26-17(29)12(2)31-18-15(21)9-13(10-25-18)20(22,23)24/h4-10,12H,1-3H3,(H,26,29). The molecule has 0 bridgehead atoms. The zero-order valence-corrected chi connectivity index (χ0v) is 18.3. The van der Waals surface area contributed by atoms with Crippen molar-refractivity contribution in [2.75, 3.05) is 5.32 Å². The second-order valence-electron chi connectivity index (χ2n) is 6.69. The van der Waals surface area contributed by atoms with Gasteiger partial charge >= 0.3 is 6.18 Å². The Bertz CT molecular complexity index is 1180. The Morgan fingerprint density at radius 1 is 1.26 bits per heavy atom. The van der Waals surface area contributed by atoms with Gasteiger partial charge in [-0.25, -0.2) is 9.67 Å². The average molecular weight is 471 g/mol. The largest absolute Gasteiger partial charge is 0.417 e. The van der Waals surface area contributed by atoms with Crippen LogP contribution >= 0.6 is 23.4 Å². The Kier molecular flexibility index (Phi) is 6.51. The zero-order valence-electron chi connectivity index (χ0n) is 16.7. The van der Waals surface area contributed by atoms with Crippen molar-refractivity contribution in [2.45, 2.75) is 30.3 Å². The minimum absolute atomic E-state index is 0.0868. The van der Waals surface area contributed by atoms with Gasteiger partial charge in [-0.3, -0.25) is 14.3 Å². The Labute approximate surface area is 185 Å². The number of aromatic nitrogens is 3. The van der Waals surface area contributed by atoms with Gasteiger partial charge in [-0.1, -0.05) is 41.6 Å². The minimum atomic E-state index is -4.56. The zero-order chi connectivity index (χ0) is 22.9. The molecule has 2 aromatic heterocycles. The van der Waals surface area contributed by atoms with E-state index < -0.39 is 28.5 Å². The number of thioether (sulfide) groups is 1. The van der Waals surface area contributed by atoms with Gasteiger partial charge in [-0.2, -0.15) is 13.2 Å². The fourth-order valence-electron chi connectivity index (χ4n) is 2.83. The van der Waals surface area contributed by atoms with E-state index in [1.165, 1.54) is 4.68 Å². The molecule has 3 rings (SSSR count). The van der Waals surface area contributed by atoms with Gasteiger partial charge in [0.25, 0.3) is 5.56 Å². The fourth-order valence-corrected chi connectivity index (χ4v) is 3.91. The van der Waals surface area contributed by atoms with Crippen LogP contribution in [-0.4, -0.2) is 25.5 Å². The van der Waals surface area contributed by atoms with Crippen LogP contribution in [0.15, 0.2) is 52.4 Å². The lowest BCUT2D eigenvalue weighted by Crippen LogP contribution is -2.27. The molecule has 6 nitrogen and oxygen atoms in total. The number of hydrogen-bond acceptors (Lipinski definition) is 4. The molecule has 0 spiro atoms. The van der Waals surface area contributed by atoms with Crippen LogP contribution in [-0.2, 0) is 18.0 Å². The van der Waals surface area contributed by atoms with Crippen molar-refractivity contribution in [3.63, 3.8) is 0 Å². The summed E-state index contributed by atoms with van der Waals surface area (Å²) in [5.74, 6) is -0.506. The molecule has 0 aliphatic heterocycles. The summed E-state index contributed by atoms with van der Waals surface area (Å²) in [6.07, 6.45) is -3.90. The molecule has 1 atom stereocenters. The molecular weight excluding hydrogens is 453 g/mol. The normalized spacial score (nSPS) is 12.6. The first kappa shape index (κ1) is 23.0. The maximum Gasteiger partial charge on any atom is 0.417 e. The molecule has 164 valence electrons. The summed E-state index contributed by atoms with van der Waals surface area (Å²) >= 11 is 6.81. The molecule has 1 N–H and O–H groups in total. The van der Waals surface area contributed by atoms with Gasteiger partial charge < -0.3 is 5.32 Å². The van der Waals surface area contributed by atoms with Crippen molar-refractivity contribution in [3.8, 4) is 5.69 Å². The highest BCUT2D eigenvalue weighted by Crippen LogP contribution is 2.35. The van der Waals surface area contributed by atoms with Crippen LogP contribution in [0.1, 0.15) is 18.2 Å². The third-order valence-electron chi connectivity index (χ3n) is 4.59. The molecule has 3 aromatic rings. The summed E-state index contributed by atoms with van der Waals surface area (Å²) < 4.78 is 41.3. The van der Waals surface area contributed by atoms with Crippen molar-refractivity contribution in [2.24, 2.45) is 7.05 Å². The molecule has 1 aromatic carbocycles. The highest BCUT2D eigenvalue weighted by molar-refractivity contribution is 8.00. The van der Waals surface area contributed by atoms with E-state index in [9.17, 15) is 22.8 Å². The Hall–Kier alpha value is -2.72. The summed E-state index contributed by atoms with van der Waals surface area (Å²) in [4.78, 5) is 29.3. The maximum atomic E-state index is 12.9. The fraction of sp³-hybridized carbons (Fsp3) is 0.250. The summed E-state index contributed by atoms with van der Waals surface area (Å²) in [5.41, 5.74) is -0.0649. The van der Waals surface area contributed by atoms with Crippen molar-refractivity contribution in [1.29, 1.82) is 0 Å². The Morgan fingerprint density at radius 2 is 1.90 bits per heavy atom. The number of para-hydroxylation sites is 1. The monoisotopic (exact) mass is 470 g/mol. The maximum absolute atomic E-state index is 12.9. The molecule has 0 aliphatic rings. The van der Waals surface area contributed by atoms with Crippen molar-refractivity contribution in [3.05, 3.63) is 69.2 Å². The number of carbonyl (C=O) groups is 1. The lowest BCUT2D eigenvalue weighted by molar-refractivity contribution is -0.137. The topological polar surface area (TPSA) is 68.9 Å². The predicted molar refractivity (Wildman–Crippen MR) is 114 cm³/mol. The van der Waals surface area contributed by atoms with Crippen LogP contribution in [0.25, 0.3) is 5.69 Å². The third-order valence-corrected chi connectivity index (χ3v) is 6.11. The molecule has 11 heteroatoms. The molecule has 0 saturated carbocycles. The van der Waals surface area contributed by atoms with Gasteiger partial charge in [0.15, 0.2) is 0 Å².